The molecule has 0 atom stereocenters. The Bertz CT molecular complexity index is 1080. The van der Waals surface area contributed by atoms with Crippen molar-refractivity contribution in [3.8, 4) is 0 Å². The number of rotatable bonds is 3. The van der Waals surface area contributed by atoms with Crippen molar-refractivity contribution in [3.63, 3.8) is 0 Å². The molecule has 1 N–H and O–H groups in total. The summed E-state index contributed by atoms with van der Waals surface area (Å²) in [5.74, 6) is -1.31. The molecular formula is C21H21Cl2F3N4O3. The molecular weight excluding hydrogens is 484 g/mol. The van der Waals surface area contributed by atoms with Gasteiger partial charge in [0.25, 0.3) is 0 Å². The Hall–Kier alpha value is -2.30. The molecule has 2 saturated heterocycles. The molecule has 3 heterocycles. The average molecular weight is 505 g/mol. The SMILES string of the molecule is O=C(O)c1nn(C(=O)N2CCC3(CCN(Cc4cc(Cl)cc(C(F)(F)F)c4)C3)CC2)cc1Cl. The van der Waals surface area contributed by atoms with E-state index in [2.05, 4.69) is 10.00 Å². The van der Waals surface area contributed by atoms with Crippen LogP contribution in [0, 0.1) is 5.41 Å². The number of nitrogens with zero attached hydrogens (tertiary/aromatic N) is 4. The van der Waals surface area contributed by atoms with Gasteiger partial charge in [-0.15, -0.1) is 0 Å². The summed E-state index contributed by atoms with van der Waals surface area (Å²) in [6.45, 7) is 2.79. The van der Waals surface area contributed by atoms with E-state index < -0.39 is 23.7 Å². The van der Waals surface area contributed by atoms with Gasteiger partial charge in [-0.3, -0.25) is 4.90 Å². The van der Waals surface area contributed by atoms with E-state index in [1.54, 1.807) is 11.0 Å². The summed E-state index contributed by atoms with van der Waals surface area (Å²) in [5, 5.41) is 12.8. The Kier molecular flexibility index (Phi) is 6.36. The number of hydrogen-bond acceptors (Lipinski definition) is 4. The standard InChI is InChI=1S/C21H21Cl2F3N4O3/c22-15-8-13(7-14(9-15)21(24,25)26)10-28-4-1-20(12-28)2-5-29(6-3-20)19(33)30-11-16(23)17(27-30)18(31)32/h7-9,11H,1-6,10,12H2,(H,31,32). The number of carbonyl (C=O) groups is 2. The number of carboxylic acid groups (broad SMARTS) is 1. The molecule has 2 aromatic rings. The van der Waals surface area contributed by atoms with Crippen LogP contribution in [0.4, 0.5) is 18.0 Å². The van der Waals surface area contributed by atoms with Gasteiger partial charge >= 0.3 is 18.2 Å². The minimum absolute atomic E-state index is 0.0177. The van der Waals surface area contributed by atoms with Crippen LogP contribution in [-0.2, 0) is 12.7 Å². The Morgan fingerprint density at radius 2 is 1.76 bits per heavy atom. The van der Waals surface area contributed by atoms with Crippen LogP contribution in [0.5, 0.6) is 0 Å². The summed E-state index contributed by atoms with van der Waals surface area (Å²) in [6.07, 6.45) is -0.901. The quantitative estimate of drug-likeness (QED) is 0.645. The molecule has 33 heavy (non-hydrogen) atoms. The van der Waals surface area contributed by atoms with Crippen LogP contribution < -0.4 is 0 Å². The van der Waals surface area contributed by atoms with Gasteiger partial charge in [0.2, 0.25) is 0 Å². The molecule has 4 rings (SSSR count). The number of carboxylic acids is 1. The number of alkyl halides is 3. The summed E-state index contributed by atoms with van der Waals surface area (Å²) in [5.41, 5.74) is -0.629. The lowest BCUT2D eigenvalue weighted by Crippen LogP contribution is -2.45. The predicted molar refractivity (Wildman–Crippen MR) is 115 cm³/mol. The first-order valence-electron chi connectivity index (χ1n) is 10.3. The maximum Gasteiger partial charge on any atom is 0.416 e. The van der Waals surface area contributed by atoms with Crippen LogP contribution >= 0.6 is 23.2 Å². The van der Waals surface area contributed by atoms with E-state index in [1.165, 1.54) is 6.20 Å². The van der Waals surface area contributed by atoms with Gasteiger partial charge in [0.05, 0.1) is 16.8 Å². The Morgan fingerprint density at radius 3 is 2.36 bits per heavy atom. The third-order valence-electron chi connectivity index (χ3n) is 6.37. The van der Waals surface area contributed by atoms with Gasteiger partial charge in [-0.2, -0.15) is 23.0 Å². The van der Waals surface area contributed by atoms with Gasteiger partial charge < -0.3 is 10.0 Å². The molecule has 2 aliphatic heterocycles. The second kappa shape index (κ2) is 8.81. The van der Waals surface area contributed by atoms with Gasteiger partial charge in [-0.05, 0) is 55.0 Å². The third kappa shape index (κ3) is 5.12. The second-order valence-corrected chi connectivity index (χ2v) is 9.50. The molecule has 0 aliphatic carbocycles. The largest absolute Gasteiger partial charge is 0.476 e. The fraction of sp³-hybridized carbons (Fsp3) is 0.476. The number of amides is 1. The topological polar surface area (TPSA) is 78.7 Å². The molecule has 1 spiro atoms. The number of halogens is 5. The van der Waals surface area contributed by atoms with E-state index in [0.29, 0.717) is 25.2 Å². The summed E-state index contributed by atoms with van der Waals surface area (Å²) in [4.78, 5) is 27.5. The molecule has 12 heteroatoms. The number of piperidine rings is 1. The minimum atomic E-state index is -4.45. The molecule has 0 radical (unpaired) electrons. The van der Waals surface area contributed by atoms with Crippen LogP contribution in [0.2, 0.25) is 10.0 Å². The summed E-state index contributed by atoms with van der Waals surface area (Å²) < 4.78 is 40.2. The van der Waals surface area contributed by atoms with E-state index in [1.807, 2.05) is 0 Å². The molecule has 0 unspecified atom stereocenters. The van der Waals surface area contributed by atoms with Gasteiger partial charge in [0.15, 0.2) is 5.69 Å². The third-order valence-corrected chi connectivity index (χ3v) is 6.87. The second-order valence-electron chi connectivity index (χ2n) is 8.65. The van der Waals surface area contributed by atoms with Gasteiger partial charge in [-0.1, -0.05) is 23.2 Å². The number of carbonyl (C=O) groups excluding carboxylic acids is 1. The van der Waals surface area contributed by atoms with Crippen molar-refractivity contribution in [1.29, 1.82) is 0 Å². The Morgan fingerprint density at radius 1 is 1.09 bits per heavy atom. The molecule has 2 fully saturated rings. The smallest absolute Gasteiger partial charge is 0.416 e. The lowest BCUT2D eigenvalue weighted by molar-refractivity contribution is -0.137. The van der Waals surface area contributed by atoms with E-state index >= 15 is 0 Å². The molecule has 1 amide bonds. The predicted octanol–water partition coefficient (Wildman–Crippen LogP) is 4.86. The maximum atomic E-state index is 13.1. The Balaban J connectivity index is 1.37. The van der Waals surface area contributed by atoms with Crippen LogP contribution in [0.25, 0.3) is 0 Å². The van der Waals surface area contributed by atoms with Crippen molar-refractivity contribution in [2.75, 3.05) is 26.2 Å². The fourth-order valence-corrected chi connectivity index (χ4v) is 5.12. The Labute approximate surface area is 197 Å². The van der Waals surface area contributed by atoms with Crippen LogP contribution in [0.3, 0.4) is 0 Å². The van der Waals surface area contributed by atoms with Crippen LogP contribution in [0.1, 0.15) is 40.9 Å². The number of aromatic carboxylic acids is 1. The highest BCUT2D eigenvalue weighted by molar-refractivity contribution is 6.33. The number of benzene rings is 1. The molecule has 2 aliphatic rings. The zero-order valence-corrected chi connectivity index (χ0v) is 18.9. The van der Waals surface area contributed by atoms with Gasteiger partial charge in [0, 0.05) is 31.2 Å². The molecule has 178 valence electrons. The summed E-state index contributed by atoms with van der Waals surface area (Å²) >= 11 is 11.7. The minimum Gasteiger partial charge on any atom is -0.476 e. The first kappa shape index (κ1) is 23.8. The molecule has 7 nitrogen and oxygen atoms in total. The lowest BCUT2D eigenvalue weighted by Gasteiger charge is -2.39. The van der Waals surface area contributed by atoms with Crippen molar-refractivity contribution >= 4 is 35.2 Å². The summed E-state index contributed by atoms with van der Waals surface area (Å²) in [7, 11) is 0. The van der Waals surface area contributed by atoms with Crippen molar-refractivity contribution < 1.29 is 27.9 Å². The lowest BCUT2D eigenvalue weighted by atomic mass is 9.78. The molecule has 1 aromatic heterocycles. The highest BCUT2D eigenvalue weighted by Crippen LogP contribution is 2.41. The van der Waals surface area contributed by atoms with Gasteiger partial charge in [-0.25, -0.2) is 9.59 Å². The van der Waals surface area contributed by atoms with Crippen molar-refractivity contribution in [2.45, 2.75) is 32.0 Å². The highest BCUT2D eigenvalue weighted by Gasteiger charge is 2.42. The van der Waals surface area contributed by atoms with Crippen molar-refractivity contribution in [2.24, 2.45) is 5.41 Å². The summed E-state index contributed by atoms with van der Waals surface area (Å²) in [6, 6.07) is 3.19. The number of aromatic nitrogens is 2. The number of hydrogen-bond donors (Lipinski definition) is 1. The van der Waals surface area contributed by atoms with E-state index in [9.17, 15) is 22.8 Å². The van der Waals surface area contributed by atoms with Crippen LogP contribution in [0.15, 0.2) is 24.4 Å². The van der Waals surface area contributed by atoms with E-state index in [-0.39, 0.29) is 21.2 Å². The first-order chi connectivity index (χ1) is 15.5. The monoisotopic (exact) mass is 504 g/mol. The first-order valence-corrected chi connectivity index (χ1v) is 11.1. The zero-order chi connectivity index (χ0) is 24.0. The van der Waals surface area contributed by atoms with E-state index in [0.717, 1.165) is 49.2 Å². The molecule has 0 saturated carbocycles. The van der Waals surface area contributed by atoms with E-state index in [4.69, 9.17) is 28.3 Å². The normalized spacial score (nSPS) is 18.8. The number of likely N-dealkylation sites (tertiary alicyclic amines) is 2. The fourth-order valence-electron chi connectivity index (χ4n) is 4.65. The van der Waals surface area contributed by atoms with Crippen molar-refractivity contribution in [1.82, 2.24) is 19.6 Å². The highest BCUT2D eigenvalue weighted by atomic mass is 35.5. The molecule has 1 aromatic carbocycles. The average Bonchev–Trinajstić information content (AvgIpc) is 3.31. The molecule has 0 bridgehead atoms. The van der Waals surface area contributed by atoms with Crippen LogP contribution in [-0.4, -0.2) is 62.9 Å². The zero-order valence-electron chi connectivity index (χ0n) is 17.4. The van der Waals surface area contributed by atoms with Gasteiger partial charge in [0.1, 0.15) is 0 Å². The van der Waals surface area contributed by atoms with Crippen molar-refractivity contribution in [3.05, 3.63) is 51.3 Å². The maximum absolute atomic E-state index is 13.1.